The fraction of sp³-hybridized carbons (Fsp3) is 0.947. The van der Waals surface area contributed by atoms with Crippen molar-refractivity contribution in [2.24, 2.45) is 0 Å². The van der Waals surface area contributed by atoms with Crippen molar-refractivity contribution in [2.45, 2.75) is 64.1 Å². The molecule has 0 aromatic rings. The van der Waals surface area contributed by atoms with E-state index in [-0.39, 0.29) is 11.4 Å². The van der Waals surface area contributed by atoms with E-state index >= 15 is 0 Å². The Bertz CT molecular complexity index is 426. The molecule has 2 heterocycles. The molecule has 2 aliphatic rings. The molecule has 2 saturated heterocycles. The predicted octanol–water partition coefficient (Wildman–Crippen LogP) is 1.49. The number of carbonyl (C=O) groups excluding carboxylic acids is 1. The molecule has 0 bridgehead atoms. The predicted molar refractivity (Wildman–Crippen MR) is 99.8 cm³/mol. The lowest BCUT2D eigenvalue weighted by Gasteiger charge is -2.46. The summed E-state index contributed by atoms with van der Waals surface area (Å²) in [6.45, 7) is 14.9. The summed E-state index contributed by atoms with van der Waals surface area (Å²) >= 11 is 0. The fourth-order valence-electron chi connectivity index (χ4n) is 3.78. The minimum absolute atomic E-state index is 0.0955. The van der Waals surface area contributed by atoms with Gasteiger partial charge in [-0.3, -0.25) is 9.69 Å². The normalized spacial score (nSPS) is 23.0. The molecule has 2 fully saturated rings. The molecule has 2 aliphatic heterocycles. The van der Waals surface area contributed by atoms with Crippen LogP contribution in [0, 0.1) is 0 Å². The van der Waals surface area contributed by atoms with Gasteiger partial charge in [-0.05, 0) is 40.5 Å². The Morgan fingerprint density at radius 1 is 1.20 bits per heavy atom. The Kier molecular flexibility index (Phi) is 7.26. The highest BCUT2D eigenvalue weighted by Crippen LogP contribution is 2.26. The van der Waals surface area contributed by atoms with Crippen molar-refractivity contribution in [2.75, 3.05) is 53.0 Å². The first-order valence-electron chi connectivity index (χ1n) is 9.66. The molecule has 0 aromatic heterocycles. The molecule has 6 nitrogen and oxygen atoms in total. The number of amides is 1. The molecule has 1 amide bonds. The topological polar surface area (TPSA) is 54.0 Å². The number of piperidine rings is 1. The zero-order valence-electron chi connectivity index (χ0n) is 16.8. The molecule has 6 heteroatoms. The van der Waals surface area contributed by atoms with E-state index in [2.05, 4.69) is 29.0 Å². The molecule has 0 atom stereocenters. The van der Waals surface area contributed by atoms with E-state index in [1.807, 2.05) is 13.8 Å². The molecule has 0 saturated carbocycles. The van der Waals surface area contributed by atoms with Gasteiger partial charge in [0, 0.05) is 45.9 Å². The van der Waals surface area contributed by atoms with Crippen LogP contribution in [-0.4, -0.2) is 85.9 Å². The van der Waals surface area contributed by atoms with Crippen molar-refractivity contribution in [3.63, 3.8) is 0 Å². The van der Waals surface area contributed by atoms with Crippen LogP contribution < -0.4 is 5.32 Å². The molecule has 0 spiro atoms. The summed E-state index contributed by atoms with van der Waals surface area (Å²) in [4.78, 5) is 17.6. The fourth-order valence-corrected chi connectivity index (χ4v) is 3.78. The maximum absolute atomic E-state index is 12.7. The van der Waals surface area contributed by atoms with Gasteiger partial charge in [-0.25, -0.2) is 0 Å². The zero-order chi connectivity index (χ0) is 18.5. The van der Waals surface area contributed by atoms with Crippen molar-refractivity contribution < 1.29 is 14.3 Å². The molecule has 25 heavy (non-hydrogen) atoms. The first-order valence-corrected chi connectivity index (χ1v) is 9.66. The van der Waals surface area contributed by atoms with Gasteiger partial charge >= 0.3 is 0 Å². The van der Waals surface area contributed by atoms with Crippen LogP contribution in [0.1, 0.15) is 47.0 Å². The summed E-state index contributed by atoms with van der Waals surface area (Å²) in [5.41, 5.74) is -0.563. The van der Waals surface area contributed by atoms with E-state index in [4.69, 9.17) is 9.47 Å². The molecule has 0 unspecified atom stereocenters. The number of nitrogens with one attached hydrogen (secondary N) is 1. The van der Waals surface area contributed by atoms with Crippen LogP contribution >= 0.6 is 0 Å². The second-order valence-electron chi connectivity index (χ2n) is 8.49. The Hall–Kier alpha value is -0.690. The van der Waals surface area contributed by atoms with Crippen molar-refractivity contribution in [3.8, 4) is 0 Å². The lowest BCUT2D eigenvalue weighted by atomic mass is 9.85. The summed E-state index contributed by atoms with van der Waals surface area (Å²) in [6.07, 6.45) is 2.39. The average molecular weight is 356 g/mol. The first-order chi connectivity index (χ1) is 11.8. The summed E-state index contributed by atoms with van der Waals surface area (Å²) in [5.74, 6) is 0.0955. The van der Waals surface area contributed by atoms with Crippen LogP contribution in [0.15, 0.2) is 0 Å². The molecular formula is C19H37N3O3. The van der Waals surface area contributed by atoms with Crippen LogP contribution in [0.25, 0.3) is 0 Å². The van der Waals surface area contributed by atoms with Crippen LogP contribution in [0.4, 0.5) is 0 Å². The molecule has 2 rings (SSSR count). The van der Waals surface area contributed by atoms with Gasteiger partial charge in [0.2, 0.25) is 5.91 Å². The maximum atomic E-state index is 12.7. The Morgan fingerprint density at radius 2 is 1.80 bits per heavy atom. The average Bonchev–Trinajstić information content (AvgIpc) is 2.55. The monoisotopic (exact) mass is 355 g/mol. The summed E-state index contributed by atoms with van der Waals surface area (Å²) in [7, 11) is 1.66. The number of hydrogen-bond donors (Lipinski definition) is 1. The van der Waals surface area contributed by atoms with Crippen molar-refractivity contribution in [1.82, 2.24) is 15.1 Å². The minimum atomic E-state index is -0.428. The second-order valence-corrected chi connectivity index (χ2v) is 8.49. The van der Waals surface area contributed by atoms with Gasteiger partial charge in [0.25, 0.3) is 0 Å². The number of methoxy groups -OCH3 is 1. The van der Waals surface area contributed by atoms with Crippen LogP contribution in [0.5, 0.6) is 0 Å². The summed E-state index contributed by atoms with van der Waals surface area (Å²) in [5, 5.41) is 3.40. The lowest BCUT2D eigenvalue weighted by molar-refractivity contribution is -0.129. The summed E-state index contributed by atoms with van der Waals surface area (Å²) in [6, 6.07) is 0.560. The Labute approximate surface area is 153 Å². The SMILES string of the molecule is COC(C)(C)CC(=O)NC1(CN2CCOCC2)CCN(C(C)C)CC1. The zero-order valence-corrected chi connectivity index (χ0v) is 16.8. The highest BCUT2D eigenvalue weighted by Gasteiger charge is 2.39. The van der Waals surface area contributed by atoms with Crippen LogP contribution in [0.3, 0.4) is 0 Å². The molecule has 0 aliphatic carbocycles. The Balaban J connectivity index is 2.02. The van der Waals surface area contributed by atoms with Crippen molar-refractivity contribution in [1.29, 1.82) is 0 Å². The van der Waals surface area contributed by atoms with Gasteiger partial charge < -0.3 is 19.7 Å². The number of nitrogens with zero attached hydrogens (tertiary/aromatic N) is 2. The number of hydrogen-bond acceptors (Lipinski definition) is 5. The molecule has 146 valence electrons. The summed E-state index contributed by atoms with van der Waals surface area (Å²) < 4.78 is 10.9. The van der Waals surface area contributed by atoms with E-state index in [1.54, 1.807) is 7.11 Å². The molecule has 0 aromatic carbocycles. The number of morpholine rings is 1. The van der Waals surface area contributed by atoms with Crippen LogP contribution in [-0.2, 0) is 14.3 Å². The van der Waals surface area contributed by atoms with Crippen molar-refractivity contribution >= 4 is 5.91 Å². The van der Waals surface area contributed by atoms with Crippen molar-refractivity contribution in [3.05, 3.63) is 0 Å². The largest absolute Gasteiger partial charge is 0.379 e. The van der Waals surface area contributed by atoms with Crippen LogP contribution in [0.2, 0.25) is 0 Å². The molecule has 0 radical (unpaired) electrons. The van der Waals surface area contributed by atoms with E-state index < -0.39 is 5.60 Å². The third-order valence-electron chi connectivity index (χ3n) is 5.66. The first kappa shape index (κ1) is 20.6. The van der Waals surface area contributed by atoms with E-state index in [0.29, 0.717) is 12.5 Å². The number of carbonyl (C=O) groups is 1. The lowest BCUT2D eigenvalue weighted by Crippen LogP contribution is -2.62. The maximum Gasteiger partial charge on any atom is 0.223 e. The van der Waals surface area contributed by atoms with Gasteiger partial charge in [-0.2, -0.15) is 0 Å². The smallest absolute Gasteiger partial charge is 0.223 e. The highest BCUT2D eigenvalue weighted by molar-refractivity contribution is 5.77. The van der Waals surface area contributed by atoms with E-state index in [0.717, 1.165) is 58.8 Å². The van der Waals surface area contributed by atoms with Gasteiger partial charge in [-0.1, -0.05) is 0 Å². The molecule has 1 N–H and O–H groups in total. The third-order valence-corrected chi connectivity index (χ3v) is 5.66. The standard InChI is InChI=1S/C19H37N3O3/c1-16(2)22-8-6-19(7-9-22,15-21-10-12-25-13-11-21)20-17(23)14-18(3,4)24-5/h16H,6-15H2,1-5H3,(H,20,23). The number of rotatable bonds is 7. The Morgan fingerprint density at radius 3 is 2.32 bits per heavy atom. The second kappa shape index (κ2) is 8.80. The van der Waals surface area contributed by atoms with E-state index in [9.17, 15) is 4.79 Å². The quantitative estimate of drug-likeness (QED) is 0.750. The minimum Gasteiger partial charge on any atom is -0.379 e. The number of likely N-dealkylation sites (tertiary alicyclic amines) is 1. The van der Waals surface area contributed by atoms with E-state index in [1.165, 1.54) is 0 Å². The number of ether oxygens (including phenoxy) is 2. The highest BCUT2D eigenvalue weighted by atomic mass is 16.5. The van der Waals surface area contributed by atoms with Gasteiger partial charge in [0.05, 0.1) is 30.8 Å². The van der Waals surface area contributed by atoms with Gasteiger partial charge in [0.1, 0.15) is 0 Å². The third kappa shape index (κ3) is 6.20. The van der Waals surface area contributed by atoms with Gasteiger partial charge in [-0.15, -0.1) is 0 Å². The molecular weight excluding hydrogens is 318 g/mol. The van der Waals surface area contributed by atoms with Gasteiger partial charge in [0.15, 0.2) is 0 Å².